The summed E-state index contributed by atoms with van der Waals surface area (Å²) in [5.41, 5.74) is 6.26. The van der Waals surface area contributed by atoms with Gasteiger partial charge in [-0.15, -0.1) is 0 Å². The second kappa shape index (κ2) is 15.3. The van der Waals surface area contributed by atoms with E-state index in [4.69, 9.17) is 37.0 Å². The van der Waals surface area contributed by atoms with Gasteiger partial charge < -0.3 is 31.1 Å². The molecule has 1 aromatic heterocycles. The van der Waals surface area contributed by atoms with Crippen molar-refractivity contribution in [1.29, 1.82) is 0 Å². The molecule has 0 amide bonds. The molecule has 2 atom stereocenters. The van der Waals surface area contributed by atoms with Gasteiger partial charge in [0.15, 0.2) is 12.2 Å². The minimum Gasteiger partial charge on any atom is -0.479 e. The quantitative estimate of drug-likeness (QED) is 0.266. The number of carbonyl (C=O) groups is 2. The van der Waals surface area contributed by atoms with Crippen molar-refractivity contribution in [2.45, 2.75) is 74.7 Å². The fourth-order valence-corrected chi connectivity index (χ4v) is 5.96. The molecule has 4 rings (SSSR count). The SMILES string of the molecule is Clc1ccc2c(c1NCc1ccc(CSC3CCCCC3)nc1)CCNCC2.O=C(O)[C@H](O)[C@@H](O)C(=O)O. The van der Waals surface area contributed by atoms with E-state index in [0.717, 1.165) is 54.2 Å². The van der Waals surface area contributed by atoms with Crippen LogP contribution in [0.4, 0.5) is 5.69 Å². The molecule has 0 unspecified atom stereocenters. The van der Waals surface area contributed by atoms with Crippen LogP contribution >= 0.6 is 23.4 Å². The zero-order valence-corrected chi connectivity index (χ0v) is 22.8. The molecular formula is C27H36ClN3O6S. The van der Waals surface area contributed by atoms with E-state index in [2.05, 4.69) is 40.6 Å². The summed E-state index contributed by atoms with van der Waals surface area (Å²) in [6, 6.07) is 8.59. The van der Waals surface area contributed by atoms with Crippen molar-refractivity contribution in [2.24, 2.45) is 0 Å². The van der Waals surface area contributed by atoms with Crippen molar-refractivity contribution < 1.29 is 30.0 Å². The first-order chi connectivity index (χ1) is 18.3. The summed E-state index contributed by atoms with van der Waals surface area (Å²) < 4.78 is 0. The molecule has 1 aromatic carbocycles. The number of nitrogens with zero attached hydrogens (tertiary/aromatic N) is 1. The van der Waals surface area contributed by atoms with Crippen LogP contribution in [-0.2, 0) is 34.7 Å². The molecule has 38 heavy (non-hydrogen) atoms. The maximum Gasteiger partial charge on any atom is 0.335 e. The maximum atomic E-state index is 9.77. The van der Waals surface area contributed by atoms with E-state index in [1.807, 2.05) is 12.3 Å². The highest BCUT2D eigenvalue weighted by atomic mass is 35.5. The number of anilines is 1. The third-order valence-corrected chi connectivity index (χ3v) is 8.38. The second-order valence-corrected chi connectivity index (χ2v) is 11.2. The largest absolute Gasteiger partial charge is 0.479 e. The zero-order chi connectivity index (χ0) is 27.5. The van der Waals surface area contributed by atoms with Gasteiger partial charge in [0.1, 0.15) is 0 Å². The summed E-state index contributed by atoms with van der Waals surface area (Å²) in [4.78, 5) is 24.2. The molecule has 1 fully saturated rings. The molecule has 2 heterocycles. The third-order valence-electron chi connectivity index (χ3n) is 6.66. The summed E-state index contributed by atoms with van der Waals surface area (Å²) in [5, 5.41) is 41.2. The lowest BCUT2D eigenvalue weighted by Gasteiger charge is -2.20. The zero-order valence-electron chi connectivity index (χ0n) is 21.2. The highest BCUT2D eigenvalue weighted by Crippen LogP contribution is 2.32. The van der Waals surface area contributed by atoms with Gasteiger partial charge in [-0.3, -0.25) is 4.98 Å². The first kappa shape index (κ1) is 30.2. The number of hydrogen-bond acceptors (Lipinski definition) is 8. The number of aliphatic hydroxyl groups excluding tert-OH is 2. The van der Waals surface area contributed by atoms with E-state index in [9.17, 15) is 9.59 Å². The van der Waals surface area contributed by atoms with Crippen LogP contribution in [-0.4, -0.2) is 67.9 Å². The Labute approximate surface area is 232 Å². The topological polar surface area (TPSA) is 152 Å². The number of benzene rings is 1. The number of aromatic nitrogens is 1. The molecule has 11 heteroatoms. The van der Waals surface area contributed by atoms with Gasteiger partial charge in [0, 0.05) is 23.7 Å². The highest BCUT2D eigenvalue weighted by molar-refractivity contribution is 7.99. The number of hydrogen-bond donors (Lipinski definition) is 6. The maximum absolute atomic E-state index is 9.77. The van der Waals surface area contributed by atoms with Crippen LogP contribution in [0.3, 0.4) is 0 Å². The Bertz CT molecular complexity index is 1050. The van der Waals surface area contributed by atoms with Crippen LogP contribution in [0.15, 0.2) is 30.5 Å². The lowest BCUT2D eigenvalue weighted by atomic mass is 10.0. The number of rotatable bonds is 9. The normalized spacial score (nSPS) is 17.2. The predicted octanol–water partition coefficient (Wildman–Crippen LogP) is 3.48. The molecule has 0 bridgehead atoms. The predicted molar refractivity (Wildman–Crippen MR) is 149 cm³/mol. The number of aliphatic hydroxyl groups is 2. The van der Waals surface area contributed by atoms with Crippen molar-refractivity contribution in [3.63, 3.8) is 0 Å². The molecular weight excluding hydrogens is 530 g/mol. The van der Waals surface area contributed by atoms with Gasteiger partial charge in [0.05, 0.1) is 16.4 Å². The van der Waals surface area contributed by atoms with E-state index in [1.165, 1.54) is 54.5 Å². The Kier molecular flexibility index (Phi) is 12.1. The monoisotopic (exact) mass is 565 g/mol. The average molecular weight is 566 g/mol. The van der Waals surface area contributed by atoms with Crippen LogP contribution < -0.4 is 10.6 Å². The molecule has 0 saturated heterocycles. The number of aliphatic carboxylic acids is 2. The van der Waals surface area contributed by atoms with Crippen molar-refractivity contribution in [2.75, 3.05) is 18.4 Å². The van der Waals surface area contributed by atoms with Gasteiger partial charge in [-0.25, -0.2) is 9.59 Å². The van der Waals surface area contributed by atoms with Crippen molar-refractivity contribution >= 4 is 41.0 Å². The molecule has 2 aromatic rings. The second-order valence-electron chi connectivity index (χ2n) is 9.46. The lowest BCUT2D eigenvalue weighted by Crippen LogP contribution is -2.39. The Morgan fingerprint density at radius 2 is 1.71 bits per heavy atom. The Morgan fingerprint density at radius 3 is 2.34 bits per heavy atom. The van der Waals surface area contributed by atoms with Crippen molar-refractivity contribution in [3.8, 4) is 0 Å². The van der Waals surface area contributed by atoms with Crippen LogP contribution in [0.2, 0.25) is 5.02 Å². The minimum absolute atomic E-state index is 0.757. The van der Waals surface area contributed by atoms with E-state index in [-0.39, 0.29) is 0 Å². The standard InChI is InChI=1S/C23H30ClN3S.C4H6O6/c24-22-9-7-18-10-12-25-13-11-21(18)23(22)27-15-17-6-8-19(26-14-17)16-28-20-4-2-1-3-5-20;5-1(3(7)8)2(6)4(9)10/h6-9,14,20,25,27H,1-5,10-13,15-16H2;1-2,5-6H,(H,7,8)(H,9,10)/t;1-,2-/m.1/s1. The molecule has 208 valence electrons. The first-order valence-corrected chi connectivity index (χ1v) is 14.3. The average Bonchev–Trinajstić information content (AvgIpc) is 3.18. The van der Waals surface area contributed by atoms with E-state index in [1.54, 1.807) is 0 Å². The first-order valence-electron chi connectivity index (χ1n) is 12.9. The fourth-order valence-electron chi connectivity index (χ4n) is 4.48. The number of pyridine rings is 1. The molecule has 0 radical (unpaired) electrons. The molecule has 6 N–H and O–H groups in total. The molecule has 1 aliphatic carbocycles. The summed E-state index contributed by atoms with van der Waals surface area (Å²) >= 11 is 8.60. The smallest absolute Gasteiger partial charge is 0.335 e. The molecule has 2 aliphatic rings. The van der Waals surface area contributed by atoms with Gasteiger partial charge in [0.25, 0.3) is 0 Å². The van der Waals surface area contributed by atoms with Gasteiger partial charge >= 0.3 is 11.9 Å². The van der Waals surface area contributed by atoms with E-state index in [0.29, 0.717) is 0 Å². The van der Waals surface area contributed by atoms with Crippen molar-refractivity contribution in [3.05, 3.63) is 57.9 Å². The fraction of sp³-hybridized carbons (Fsp3) is 0.519. The summed E-state index contributed by atoms with van der Waals surface area (Å²) in [6.45, 7) is 2.81. The lowest BCUT2D eigenvalue weighted by molar-refractivity contribution is -0.165. The number of thioether (sulfide) groups is 1. The minimum atomic E-state index is -2.27. The van der Waals surface area contributed by atoms with Gasteiger partial charge in [-0.1, -0.05) is 43.0 Å². The van der Waals surface area contributed by atoms with Crippen LogP contribution in [0.25, 0.3) is 0 Å². The molecule has 9 nitrogen and oxygen atoms in total. The number of halogens is 1. The number of fused-ring (bicyclic) bond motifs is 1. The summed E-state index contributed by atoms with van der Waals surface area (Å²) in [6.07, 6.45) is 6.55. The molecule has 1 saturated carbocycles. The summed E-state index contributed by atoms with van der Waals surface area (Å²) in [7, 11) is 0. The number of carboxylic acid groups (broad SMARTS) is 2. The van der Waals surface area contributed by atoms with Crippen LogP contribution in [0, 0.1) is 0 Å². The Balaban J connectivity index is 0.000000342. The Hall–Kier alpha value is -2.37. The van der Waals surface area contributed by atoms with Gasteiger partial charge in [0.2, 0.25) is 0 Å². The number of carboxylic acids is 2. The van der Waals surface area contributed by atoms with E-state index >= 15 is 0 Å². The highest BCUT2D eigenvalue weighted by Gasteiger charge is 2.29. The Morgan fingerprint density at radius 1 is 1.03 bits per heavy atom. The van der Waals surface area contributed by atoms with Crippen LogP contribution in [0.1, 0.15) is 54.5 Å². The van der Waals surface area contributed by atoms with Crippen LogP contribution in [0.5, 0.6) is 0 Å². The van der Waals surface area contributed by atoms with Gasteiger partial charge in [-0.05, 0) is 67.6 Å². The molecule has 0 spiro atoms. The third kappa shape index (κ3) is 9.13. The molecule has 1 aliphatic heterocycles. The van der Waals surface area contributed by atoms with Gasteiger partial charge in [-0.2, -0.15) is 11.8 Å². The summed E-state index contributed by atoms with van der Waals surface area (Å²) in [5.74, 6) is -2.51. The van der Waals surface area contributed by atoms with E-state index < -0.39 is 24.1 Å². The van der Waals surface area contributed by atoms with Crippen molar-refractivity contribution in [1.82, 2.24) is 10.3 Å². The number of nitrogens with one attached hydrogen (secondary N) is 2.